The zero-order valence-electron chi connectivity index (χ0n) is 39.2. The number of para-hydroxylation sites is 1. The number of aryl methyl sites for hydroxylation is 1. The first-order valence-electron chi connectivity index (χ1n) is 22.1. The standard InChI is InChI=1S/C20H24ClFN4O4.C13H18ClFN2O3.C13H9F3N2O2.CH2Cl2.ClH/c1-12-2-3-16(23-9-12)25-19(30)26-6-4-20(22,5-7-26)18-14(21)8-13(10-24-18)17(29)15(28)11-27;14-9-5-8(11(20)10(19)7-18)6-17-12(9)13(15)1-3-16-4-2-13;14-13(15,16)9-6-7-11(17-8-9)18-12(19)20-10-4-2-1-3-5-10;2-1-3;/h2-3,8-10,15,17,27-29H,4-7,11H2,1H3,(H,23,25,30);5-6,10-11,16,18-20H,1-4,7H2;1-8H,(H,17,18,19);1H2;1H/t15-,17-;10-,11-;;;/m00.../s1. The molecule has 6 heterocycles. The number of likely N-dealkylation sites (tertiary alicyclic amines) is 1. The maximum Gasteiger partial charge on any atom is 0.418 e. The minimum atomic E-state index is -4.46. The molecular formula is C47H54Cl5F5N8O9. The molecule has 4 aromatic heterocycles. The van der Waals surface area contributed by atoms with Gasteiger partial charge >= 0.3 is 18.3 Å². The molecule has 9 N–H and O–H groups in total. The number of piperidine rings is 2. The van der Waals surface area contributed by atoms with Crippen molar-refractivity contribution < 1.29 is 66.9 Å². The number of hydrogen-bond donors (Lipinski definition) is 9. The average molecular weight is 1150 g/mol. The fraction of sp³-hybridized carbons (Fsp3) is 0.404. The van der Waals surface area contributed by atoms with Crippen LogP contribution in [-0.4, -0.2) is 125 Å². The Balaban J connectivity index is 0.000000291. The number of alkyl halides is 7. The van der Waals surface area contributed by atoms with E-state index in [0.29, 0.717) is 43.7 Å². The molecule has 0 spiro atoms. The van der Waals surface area contributed by atoms with Crippen LogP contribution in [0, 0.1) is 6.92 Å². The lowest BCUT2D eigenvalue weighted by atomic mass is 9.89. The zero-order valence-corrected chi connectivity index (χ0v) is 43.0. The summed E-state index contributed by atoms with van der Waals surface area (Å²) in [5.41, 5.74) is -2.69. The molecule has 27 heteroatoms. The lowest BCUT2D eigenvalue weighted by molar-refractivity contribution is -0.137. The number of benzene rings is 1. The number of urea groups is 1. The second-order valence-corrected chi connectivity index (χ2v) is 17.9. The van der Waals surface area contributed by atoms with Crippen molar-refractivity contribution in [2.24, 2.45) is 0 Å². The zero-order chi connectivity index (χ0) is 53.9. The molecule has 0 bridgehead atoms. The maximum atomic E-state index is 15.6. The minimum absolute atomic E-state index is 0. The highest BCUT2D eigenvalue weighted by Crippen LogP contribution is 2.41. The van der Waals surface area contributed by atoms with Gasteiger partial charge in [0.05, 0.1) is 45.5 Å². The molecule has 0 saturated carbocycles. The minimum Gasteiger partial charge on any atom is -0.410 e. The first kappa shape index (κ1) is 63.5. The quantitative estimate of drug-likeness (QED) is 0.0444. The number of rotatable bonds is 11. The Labute approximate surface area is 448 Å². The van der Waals surface area contributed by atoms with Crippen LogP contribution in [0.2, 0.25) is 10.0 Å². The van der Waals surface area contributed by atoms with Crippen molar-refractivity contribution >= 4 is 82.6 Å². The van der Waals surface area contributed by atoms with E-state index in [-0.39, 0.29) is 88.1 Å². The number of halogens is 10. The van der Waals surface area contributed by atoms with Crippen molar-refractivity contribution in [3.8, 4) is 5.75 Å². The van der Waals surface area contributed by atoms with Gasteiger partial charge < -0.3 is 45.6 Å². The topological polar surface area (TPSA) is 256 Å². The van der Waals surface area contributed by atoms with Crippen LogP contribution in [0.4, 0.5) is 43.2 Å². The molecular weight excluding hydrogens is 1090 g/mol. The van der Waals surface area contributed by atoms with E-state index >= 15 is 4.39 Å². The first-order valence-corrected chi connectivity index (χ1v) is 23.9. The molecule has 17 nitrogen and oxygen atoms in total. The molecule has 2 fully saturated rings. The molecule has 4 atom stereocenters. The predicted octanol–water partition coefficient (Wildman–Crippen LogP) is 8.54. The summed E-state index contributed by atoms with van der Waals surface area (Å²) in [4.78, 5) is 41.1. The van der Waals surface area contributed by atoms with Crippen LogP contribution >= 0.6 is 58.8 Å². The van der Waals surface area contributed by atoms with E-state index in [1.165, 1.54) is 29.4 Å². The number of carbonyl (C=O) groups excluding carboxylic acids is 2. The molecule has 7 rings (SSSR count). The molecule has 406 valence electrons. The number of aliphatic hydroxyl groups is 6. The number of hydrogen-bond acceptors (Lipinski definition) is 14. The van der Waals surface area contributed by atoms with E-state index in [4.69, 9.17) is 61.4 Å². The van der Waals surface area contributed by atoms with E-state index in [1.54, 1.807) is 42.6 Å². The first-order chi connectivity index (χ1) is 34.6. The van der Waals surface area contributed by atoms with E-state index in [9.17, 15) is 47.6 Å². The van der Waals surface area contributed by atoms with Crippen LogP contribution in [0.15, 0.2) is 91.5 Å². The summed E-state index contributed by atoms with van der Waals surface area (Å²) in [5.74, 6) is 0.711. The van der Waals surface area contributed by atoms with Gasteiger partial charge in [-0.2, -0.15) is 13.2 Å². The third-order valence-corrected chi connectivity index (χ3v) is 11.6. The fourth-order valence-electron chi connectivity index (χ4n) is 6.98. The second kappa shape index (κ2) is 30.1. The lowest BCUT2D eigenvalue weighted by Gasteiger charge is -2.36. The van der Waals surface area contributed by atoms with Crippen molar-refractivity contribution in [2.45, 2.75) is 74.5 Å². The number of nitrogens with zero attached hydrogens (tertiary/aromatic N) is 5. The molecule has 0 unspecified atom stereocenters. The number of anilines is 2. The number of ether oxygens (including phenoxy) is 1. The number of amides is 3. The Kier molecular flexibility index (Phi) is 25.8. The van der Waals surface area contributed by atoms with Crippen LogP contribution in [0.1, 0.15) is 71.5 Å². The Hall–Kier alpha value is -4.82. The molecule has 5 aromatic rings. The van der Waals surface area contributed by atoms with Crippen LogP contribution in [0.25, 0.3) is 0 Å². The van der Waals surface area contributed by atoms with E-state index < -0.39 is 66.8 Å². The van der Waals surface area contributed by atoms with Crippen LogP contribution < -0.4 is 20.7 Å². The summed E-state index contributed by atoms with van der Waals surface area (Å²) in [6.45, 7) is 2.12. The Morgan fingerprint density at radius 3 is 1.64 bits per heavy atom. The monoisotopic (exact) mass is 1140 g/mol. The Morgan fingerprint density at radius 2 is 1.20 bits per heavy atom. The summed E-state index contributed by atoms with van der Waals surface area (Å²) in [5, 5.41) is 64.7. The van der Waals surface area contributed by atoms with Gasteiger partial charge in [-0.05, 0) is 80.9 Å². The van der Waals surface area contributed by atoms with Gasteiger partial charge in [-0.3, -0.25) is 20.6 Å². The van der Waals surface area contributed by atoms with Crippen LogP contribution in [0.5, 0.6) is 5.75 Å². The van der Waals surface area contributed by atoms with Gasteiger partial charge in [0.25, 0.3) is 0 Å². The average Bonchev–Trinajstić information content (AvgIpc) is 3.37. The van der Waals surface area contributed by atoms with E-state index in [2.05, 4.69) is 35.9 Å². The number of aromatic nitrogens is 4. The fourth-order valence-corrected chi connectivity index (χ4v) is 7.67. The highest BCUT2D eigenvalue weighted by atomic mass is 35.5. The summed E-state index contributed by atoms with van der Waals surface area (Å²) >= 11 is 21.8. The predicted molar refractivity (Wildman–Crippen MR) is 270 cm³/mol. The molecule has 2 saturated heterocycles. The van der Waals surface area contributed by atoms with E-state index in [0.717, 1.165) is 17.7 Å². The van der Waals surface area contributed by atoms with Gasteiger partial charge in [-0.25, -0.2) is 28.3 Å². The number of nitrogens with one attached hydrogen (secondary N) is 3. The molecule has 0 radical (unpaired) electrons. The summed E-state index contributed by atoms with van der Waals surface area (Å²) < 4.78 is 72.2. The van der Waals surface area contributed by atoms with Crippen molar-refractivity contribution in [1.29, 1.82) is 0 Å². The number of pyridine rings is 4. The van der Waals surface area contributed by atoms with Gasteiger partial charge in [-0.15, -0.1) is 35.6 Å². The van der Waals surface area contributed by atoms with Gasteiger partial charge in [0.15, 0.2) is 11.3 Å². The van der Waals surface area contributed by atoms with Crippen molar-refractivity contribution in [3.05, 3.63) is 135 Å². The molecule has 1 aromatic carbocycles. The molecule has 0 aliphatic carbocycles. The van der Waals surface area contributed by atoms with Crippen molar-refractivity contribution in [1.82, 2.24) is 30.2 Å². The Morgan fingerprint density at radius 1 is 0.730 bits per heavy atom. The van der Waals surface area contributed by atoms with Crippen LogP contribution in [-0.2, 0) is 17.5 Å². The molecule has 2 aliphatic rings. The van der Waals surface area contributed by atoms with Crippen molar-refractivity contribution in [2.75, 3.05) is 55.4 Å². The highest BCUT2D eigenvalue weighted by molar-refractivity contribution is 6.40. The van der Waals surface area contributed by atoms with Crippen LogP contribution in [0.3, 0.4) is 0 Å². The largest absolute Gasteiger partial charge is 0.418 e. The summed E-state index contributed by atoms with van der Waals surface area (Å²) in [6, 6.07) is 16.0. The Bertz CT molecular complexity index is 2510. The van der Waals surface area contributed by atoms with Gasteiger partial charge in [0, 0.05) is 61.8 Å². The smallest absolute Gasteiger partial charge is 0.410 e. The highest BCUT2D eigenvalue weighted by Gasteiger charge is 2.41. The maximum absolute atomic E-state index is 15.6. The third kappa shape index (κ3) is 18.8. The summed E-state index contributed by atoms with van der Waals surface area (Å²) in [6.07, 6.45) is -5.29. The molecule has 3 amide bonds. The summed E-state index contributed by atoms with van der Waals surface area (Å²) in [7, 11) is 0. The molecule has 2 aliphatic heterocycles. The van der Waals surface area contributed by atoms with Crippen molar-refractivity contribution in [3.63, 3.8) is 0 Å². The number of carbonyl (C=O) groups is 2. The van der Waals surface area contributed by atoms with Gasteiger partial charge in [0.2, 0.25) is 0 Å². The van der Waals surface area contributed by atoms with Gasteiger partial charge in [-0.1, -0.05) is 47.5 Å². The SMILES string of the molecule is Cc1ccc(NC(=O)N2CCC(F)(c3ncc([C@H](O)[C@@H](O)CO)cc3Cl)CC2)nc1.Cl.ClCCl.O=C(Nc1ccc(C(F)(F)F)cn1)Oc1ccccc1.OC[C@H](O)[C@@H](O)c1cnc(C2(F)CCNCC2)c(Cl)c1. The normalized spacial score (nSPS) is 16.3. The number of aliphatic hydroxyl groups excluding tert-OH is 6. The lowest BCUT2D eigenvalue weighted by Crippen LogP contribution is -2.45. The molecule has 74 heavy (non-hydrogen) atoms. The second-order valence-electron chi connectivity index (χ2n) is 16.3. The third-order valence-electron chi connectivity index (χ3n) is 11.0. The van der Waals surface area contributed by atoms with Gasteiger partial charge in [0.1, 0.15) is 41.8 Å². The van der Waals surface area contributed by atoms with E-state index in [1.807, 2.05) is 13.0 Å².